The third-order valence-corrected chi connectivity index (χ3v) is 7.01. The molecule has 5 atom stereocenters. The molecule has 4 unspecified atom stereocenters. The molecule has 0 spiro atoms. The van der Waals surface area contributed by atoms with Crippen molar-refractivity contribution in [3.05, 3.63) is 90.1 Å². The SMILES string of the molecule is C=CC1CN2CCC1CC2[C@@H](OC(=O)c1ccc(C)cc1)c1ccnc2ccccc12. The monoisotopic (exact) mass is 412 g/mol. The van der Waals surface area contributed by atoms with E-state index in [-0.39, 0.29) is 18.1 Å². The second kappa shape index (κ2) is 8.27. The number of ether oxygens (including phenoxy) is 1. The van der Waals surface area contributed by atoms with Crippen LogP contribution in [-0.2, 0) is 4.74 Å². The zero-order chi connectivity index (χ0) is 21.4. The molecule has 2 aromatic carbocycles. The maximum atomic E-state index is 13.2. The van der Waals surface area contributed by atoms with Crippen LogP contribution in [0.5, 0.6) is 0 Å². The van der Waals surface area contributed by atoms with Gasteiger partial charge in [-0.25, -0.2) is 4.79 Å². The first kappa shape index (κ1) is 20.0. The number of hydrogen-bond acceptors (Lipinski definition) is 4. The predicted molar refractivity (Wildman–Crippen MR) is 123 cm³/mol. The number of hydrogen-bond donors (Lipinski definition) is 0. The maximum Gasteiger partial charge on any atom is 0.338 e. The molecule has 31 heavy (non-hydrogen) atoms. The Morgan fingerprint density at radius 3 is 2.74 bits per heavy atom. The van der Waals surface area contributed by atoms with Crippen LogP contribution < -0.4 is 0 Å². The number of aromatic nitrogens is 1. The molecule has 3 saturated heterocycles. The van der Waals surface area contributed by atoms with Gasteiger partial charge in [-0.1, -0.05) is 42.0 Å². The molecular formula is C27H28N2O2. The summed E-state index contributed by atoms with van der Waals surface area (Å²) in [4.78, 5) is 20.2. The summed E-state index contributed by atoms with van der Waals surface area (Å²) in [7, 11) is 0. The van der Waals surface area contributed by atoms with Gasteiger partial charge in [0.15, 0.2) is 0 Å². The Morgan fingerprint density at radius 1 is 1.19 bits per heavy atom. The predicted octanol–water partition coefficient (Wildman–Crippen LogP) is 5.34. The molecular weight excluding hydrogens is 384 g/mol. The van der Waals surface area contributed by atoms with Crippen molar-refractivity contribution in [1.29, 1.82) is 0 Å². The standard InChI is InChI=1S/C27H28N2O2/c1-3-19-17-29-15-13-21(19)16-25(29)26(31-27(30)20-10-8-18(2)9-11-20)23-12-14-28-24-7-5-4-6-22(23)24/h3-12,14,19,21,25-26H,1,13,15-17H2,2H3/t19?,21?,25?,26-/m0/s1. The van der Waals surface area contributed by atoms with Crippen LogP contribution in [0.1, 0.15) is 40.4 Å². The highest BCUT2D eigenvalue weighted by atomic mass is 16.5. The van der Waals surface area contributed by atoms with E-state index >= 15 is 0 Å². The quantitative estimate of drug-likeness (QED) is 0.419. The molecule has 4 heteroatoms. The lowest BCUT2D eigenvalue weighted by Gasteiger charge is -2.51. The molecule has 3 aromatic rings. The van der Waals surface area contributed by atoms with Crippen molar-refractivity contribution < 1.29 is 9.53 Å². The molecule has 4 heterocycles. The average molecular weight is 413 g/mol. The van der Waals surface area contributed by atoms with Crippen molar-refractivity contribution in [2.24, 2.45) is 11.8 Å². The Kier molecular flexibility index (Phi) is 5.33. The normalized spacial score (nSPS) is 25.8. The molecule has 158 valence electrons. The van der Waals surface area contributed by atoms with Crippen LogP contribution in [-0.4, -0.2) is 35.0 Å². The minimum absolute atomic E-state index is 0.162. The Bertz CT molecular complexity index is 1100. The zero-order valence-corrected chi connectivity index (χ0v) is 17.9. The summed E-state index contributed by atoms with van der Waals surface area (Å²) < 4.78 is 6.30. The van der Waals surface area contributed by atoms with E-state index in [0.29, 0.717) is 17.4 Å². The van der Waals surface area contributed by atoms with Gasteiger partial charge in [-0.2, -0.15) is 0 Å². The molecule has 4 nitrogen and oxygen atoms in total. The van der Waals surface area contributed by atoms with Crippen molar-refractivity contribution in [3.8, 4) is 0 Å². The number of pyridine rings is 1. The average Bonchev–Trinajstić information content (AvgIpc) is 2.82. The number of fused-ring (bicyclic) bond motifs is 4. The van der Waals surface area contributed by atoms with E-state index in [9.17, 15) is 4.79 Å². The number of benzene rings is 2. The van der Waals surface area contributed by atoms with Crippen molar-refractivity contribution in [1.82, 2.24) is 9.88 Å². The Labute approximate surface area is 183 Å². The molecule has 0 N–H and O–H groups in total. The van der Waals surface area contributed by atoms with E-state index in [1.54, 1.807) is 0 Å². The van der Waals surface area contributed by atoms with Gasteiger partial charge in [0.1, 0.15) is 6.10 Å². The second-order valence-electron chi connectivity index (χ2n) is 8.86. The van der Waals surface area contributed by atoms with E-state index in [4.69, 9.17) is 4.74 Å². The van der Waals surface area contributed by atoms with Gasteiger partial charge in [0, 0.05) is 23.7 Å². The van der Waals surface area contributed by atoms with Gasteiger partial charge in [0.05, 0.1) is 17.1 Å². The molecule has 0 amide bonds. The fourth-order valence-electron chi connectivity index (χ4n) is 5.28. The zero-order valence-electron chi connectivity index (χ0n) is 17.9. The van der Waals surface area contributed by atoms with Gasteiger partial charge in [-0.15, -0.1) is 6.58 Å². The van der Waals surface area contributed by atoms with E-state index in [1.807, 2.05) is 61.7 Å². The van der Waals surface area contributed by atoms with Crippen molar-refractivity contribution in [2.75, 3.05) is 13.1 Å². The van der Waals surface area contributed by atoms with Gasteiger partial charge in [-0.3, -0.25) is 9.88 Å². The molecule has 6 rings (SSSR count). The van der Waals surface area contributed by atoms with Gasteiger partial charge >= 0.3 is 5.97 Å². The summed E-state index contributed by atoms with van der Waals surface area (Å²) >= 11 is 0. The van der Waals surface area contributed by atoms with Crippen LogP contribution in [0.25, 0.3) is 10.9 Å². The van der Waals surface area contributed by atoms with Gasteiger partial charge in [0.25, 0.3) is 0 Å². The summed E-state index contributed by atoms with van der Waals surface area (Å²) in [6.07, 6.45) is 5.78. The Balaban J connectivity index is 1.53. The first-order chi connectivity index (χ1) is 15.1. The largest absolute Gasteiger partial charge is 0.452 e. The van der Waals surface area contributed by atoms with Crippen LogP contribution >= 0.6 is 0 Å². The fourth-order valence-corrected chi connectivity index (χ4v) is 5.28. The van der Waals surface area contributed by atoms with Crippen molar-refractivity contribution in [2.45, 2.75) is 31.9 Å². The summed E-state index contributed by atoms with van der Waals surface area (Å²) in [6.45, 7) is 8.09. The third kappa shape index (κ3) is 3.77. The number of carbonyl (C=O) groups is 1. The molecule has 0 saturated carbocycles. The van der Waals surface area contributed by atoms with Crippen LogP contribution in [0.3, 0.4) is 0 Å². The van der Waals surface area contributed by atoms with Gasteiger partial charge in [-0.05, 0) is 62.4 Å². The van der Waals surface area contributed by atoms with E-state index in [0.717, 1.165) is 41.5 Å². The number of carbonyl (C=O) groups excluding carboxylic acids is 1. The molecule has 0 radical (unpaired) electrons. The summed E-state index contributed by atoms with van der Waals surface area (Å²) in [5.41, 5.74) is 3.68. The number of rotatable bonds is 5. The maximum absolute atomic E-state index is 13.2. The van der Waals surface area contributed by atoms with Gasteiger partial charge in [0.2, 0.25) is 0 Å². The number of para-hydroxylation sites is 1. The molecule has 3 fully saturated rings. The highest BCUT2D eigenvalue weighted by molar-refractivity contribution is 5.90. The van der Waals surface area contributed by atoms with Crippen molar-refractivity contribution >= 4 is 16.9 Å². The third-order valence-electron chi connectivity index (χ3n) is 7.01. The Hall–Kier alpha value is -2.98. The minimum Gasteiger partial charge on any atom is -0.452 e. The van der Waals surface area contributed by atoms with Gasteiger partial charge < -0.3 is 4.74 Å². The first-order valence-electron chi connectivity index (χ1n) is 11.1. The van der Waals surface area contributed by atoms with E-state index in [1.165, 1.54) is 6.42 Å². The minimum atomic E-state index is -0.338. The highest BCUT2D eigenvalue weighted by Gasteiger charge is 2.44. The van der Waals surface area contributed by atoms with E-state index < -0.39 is 0 Å². The Morgan fingerprint density at radius 2 is 2.00 bits per heavy atom. The number of aryl methyl sites for hydroxylation is 1. The summed E-state index contributed by atoms with van der Waals surface area (Å²) in [6, 6.07) is 17.9. The number of piperidine rings is 3. The lowest BCUT2D eigenvalue weighted by Crippen LogP contribution is -2.55. The number of esters is 1. The van der Waals surface area contributed by atoms with Crippen LogP contribution in [0.4, 0.5) is 0 Å². The van der Waals surface area contributed by atoms with Crippen LogP contribution in [0.15, 0.2) is 73.4 Å². The second-order valence-corrected chi connectivity index (χ2v) is 8.86. The fraction of sp³-hybridized carbons (Fsp3) is 0.333. The lowest BCUT2D eigenvalue weighted by molar-refractivity contribution is -0.0568. The molecule has 3 aliphatic heterocycles. The topological polar surface area (TPSA) is 42.4 Å². The highest BCUT2D eigenvalue weighted by Crippen LogP contribution is 2.43. The molecule has 3 aliphatic rings. The number of nitrogens with zero attached hydrogens (tertiary/aromatic N) is 2. The lowest BCUT2D eigenvalue weighted by atomic mass is 9.73. The van der Waals surface area contributed by atoms with Crippen LogP contribution in [0.2, 0.25) is 0 Å². The van der Waals surface area contributed by atoms with Crippen LogP contribution in [0, 0.1) is 18.8 Å². The smallest absolute Gasteiger partial charge is 0.338 e. The first-order valence-corrected chi connectivity index (χ1v) is 11.1. The van der Waals surface area contributed by atoms with Crippen molar-refractivity contribution in [3.63, 3.8) is 0 Å². The molecule has 1 aromatic heterocycles. The van der Waals surface area contributed by atoms with E-state index in [2.05, 4.69) is 28.6 Å². The summed E-state index contributed by atoms with van der Waals surface area (Å²) in [5.74, 6) is 0.850. The molecule has 2 bridgehead atoms. The molecule has 0 aliphatic carbocycles. The summed E-state index contributed by atoms with van der Waals surface area (Å²) in [5, 5.41) is 1.05.